The molecule has 142 valence electrons. The average molecular weight is 373 g/mol. The second-order valence-corrected chi connectivity index (χ2v) is 7.42. The summed E-state index contributed by atoms with van der Waals surface area (Å²) >= 11 is 0. The standard InChI is InChI=1S/C23H23N3O2/c1-16(27)25-22-9-7-17(13-24-22)8-10-23(28)26-14-20-11-19(12-21(20)15-26)18-5-3-2-4-6-18/h2-11,13,20-21H,12,14-15H2,1H3,(H,24,25,27)/b10-8+. The highest BCUT2D eigenvalue weighted by Gasteiger charge is 2.37. The molecule has 2 amide bonds. The fraction of sp³-hybridized carbons (Fsp3) is 0.261. The number of hydrogen-bond acceptors (Lipinski definition) is 3. The largest absolute Gasteiger partial charge is 0.338 e. The topological polar surface area (TPSA) is 62.3 Å². The lowest BCUT2D eigenvalue weighted by atomic mass is 9.98. The molecule has 28 heavy (non-hydrogen) atoms. The summed E-state index contributed by atoms with van der Waals surface area (Å²) in [5, 5.41) is 2.62. The summed E-state index contributed by atoms with van der Waals surface area (Å²) in [7, 11) is 0. The van der Waals surface area contributed by atoms with Crippen molar-refractivity contribution in [1.29, 1.82) is 0 Å². The Labute approximate surface area is 164 Å². The lowest BCUT2D eigenvalue weighted by Crippen LogP contribution is -2.27. The van der Waals surface area contributed by atoms with Gasteiger partial charge in [-0.05, 0) is 53.2 Å². The number of fused-ring (bicyclic) bond motifs is 1. The van der Waals surface area contributed by atoms with E-state index in [0.717, 1.165) is 25.1 Å². The third kappa shape index (κ3) is 4.03. The van der Waals surface area contributed by atoms with Gasteiger partial charge in [-0.2, -0.15) is 0 Å². The van der Waals surface area contributed by atoms with E-state index >= 15 is 0 Å². The lowest BCUT2D eigenvalue weighted by Gasteiger charge is -2.15. The summed E-state index contributed by atoms with van der Waals surface area (Å²) in [6.45, 7) is 3.03. The Morgan fingerprint density at radius 1 is 1.14 bits per heavy atom. The molecule has 2 aromatic rings. The second kappa shape index (κ2) is 7.80. The Morgan fingerprint density at radius 3 is 2.64 bits per heavy atom. The summed E-state index contributed by atoms with van der Waals surface area (Å²) < 4.78 is 0. The first-order valence-electron chi connectivity index (χ1n) is 9.55. The fourth-order valence-electron chi connectivity index (χ4n) is 3.99. The molecule has 2 atom stereocenters. The Kier molecular flexibility index (Phi) is 5.06. The van der Waals surface area contributed by atoms with E-state index in [-0.39, 0.29) is 11.8 Å². The van der Waals surface area contributed by atoms with Gasteiger partial charge < -0.3 is 10.2 Å². The van der Waals surface area contributed by atoms with Crippen molar-refractivity contribution in [3.63, 3.8) is 0 Å². The van der Waals surface area contributed by atoms with Crippen LogP contribution in [0.25, 0.3) is 11.6 Å². The summed E-state index contributed by atoms with van der Waals surface area (Å²) in [5.74, 6) is 1.35. The molecule has 5 heteroatoms. The number of benzene rings is 1. The molecule has 1 fully saturated rings. The maximum atomic E-state index is 12.6. The van der Waals surface area contributed by atoms with Crippen molar-refractivity contribution in [2.24, 2.45) is 11.8 Å². The minimum Gasteiger partial charge on any atom is -0.338 e. The number of anilines is 1. The van der Waals surface area contributed by atoms with Gasteiger partial charge in [0.1, 0.15) is 5.82 Å². The number of carbonyl (C=O) groups is 2. The van der Waals surface area contributed by atoms with Gasteiger partial charge >= 0.3 is 0 Å². The molecule has 1 aromatic carbocycles. The zero-order valence-electron chi connectivity index (χ0n) is 15.8. The van der Waals surface area contributed by atoms with E-state index in [4.69, 9.17) is 0 Å². The molecule has 2 unspecified atom stereocenters. The summed E-state index contributed by atoms with van der Waals surface area (Å²) in [4.78, 5) is 29.7. The first-order chi connectivity index (χ1) is 13.6. The van der Waals surface area contributed by atoms with Gasteiger partial charge in [-0.25, -0.2) is 4.98 Å². The molecular weight excluding hydrogens is 350 g/mol. The third-order valence-electron chi connectivity index (χ3n) is 5.35. The van der Waals surface area contributed by atoms with Crippen LogP contribution in [0.3, 0.4) is 0 Å². The number of nitrogens with one attached hydrogen (secondary N) is 1. The number of rotatable bonds is 4. The molecule has 1 aromatic heterocycles. The molecule has 0 saturated carbocycles. The quantitative estimate of drug-likeness (QED) is 0.833. The van der Waals surface area contributed by atoms with Crippen LogP contribution in [0.15, 0.2) is 60.8 Å². The van der Waals surface area contributed by atoms with Crippen LogP contribution < -0.4 is 5.32 Å². The van der Waals surface area contributed by atoms with Crippen molar-refractivity contribution < 1.29 is 9.59 Å². The van der Waals surface area contributed by atoms with E-state index in [2.05, 4.69) is 40.6 Å². The number of amides is 2. The van der Waals surface area contributed by atoms with Crippen LogP contribution in [-0.4, -0.2) is 34.8 Å². The Balaban J connectivity index is 1.35. The smallest absolute Gasteiger partial charge is 0.246 e. The highest BCUT2D eigenvalue weighted by molar-refractivity contribution is 5.92. The zero-order chi connectivity index (χ0) is 19.5. The van der Waals surface area contributed by atoms with E-state index in [9.17, 15) is 9.59 Å². The Morgan fingerprint density at radius 2 is 1.96 bits per heavy atom. The molecule has 0 bridgehead atoms. The van der Waals surface area contributed by atoms with Crippen molar-refractivity contribution in [3.05, 3.63) is 71.9 Å². The van der Waals surface area contributed by atoms with Crippen LogP contribution >= 0.6 is 0 Å². The molecule has 4 rings (SSSR count). The molecule has 1 saturated heterocycles. The molecule has 1 N–H and O–H groups in total. The fourth-order valence-corrected chi connectivity index (χ4v) is 3.99. The number of hydrogen-bond donors (Lipinski definition) is 1. The monoisotopic (exact) mass is 373 g/mol. The van der Waals surface area contributed by atoms with E-state index in [1.165, 1.54) is 18.1 Å². The van der Waals surface area contributed by atoms with Gasteiger partial charge in [0.25, 0.3) is 0 Å². The lowest BCUT2D eigenvalue weighted by molar-refractivity contribution is -0.125. The molecule has 2 aliphatic rings. The summed E-state index contributed by atoms with van der Waals surface area (Å²) in [6.07, 6.45) is 8.41. The highest BCUT2D eigenvalue weighted by atomic mass is 16.2. The molecule has 5 nitrogen and oxygen atoms in total. The van der Waals surface area contributed by atoms with Crippen molar-refractivity contribution in [2.45, 2.75) is 13.3 Å². The minimum absolute atomic E-state index is 0.0370. The first kappa shape index (κ1) is 18.2. The number of nitrogens with zero attached hydrogens (tertiary/aromatic N) is 2. The van der Waals surface area contributed by atoms with Crippen LogP contribution in [0.4, 0.5) is 5.82 Å². The molecule has 1 aliphatic carbocycles. The molecule has 2 heterocycles. The van der Waals surface area contributed by atoms with Gasteiger partial charge in [-0.1, -0.05) is 36.4 Å². The predicted molar refractivity (Wildman–Crippen MR) is 110 cm³/mol. The van der Waals surface area contributed by atoms with Gasteiger partial charge in [-0.3, -0.25) is 9.59 Å². The molecule has 0 spiro atoms. The molecule has 1 aliphatic heterocycles. The molecule has 0 radical (unpaired) electrons. The van der Waals surface area contributed by atoms with Crippen LogP contribution in [0.5, 0.6) is 0 Å². The SMILES string of the molecule is CC(=O)Nc1ccc(/C=C/C(=O)N2CC3C=C(c4ccccc4)CC3C2)cn1. The predicted octanol–water partition coefficient (Wildman–Crippen LogP) is 3.62. The summed E-state index contributed by atoms with van der Waals surface area (Å²) in [5.41, 5.74) is 3.53. The van der Waals surface area contributed by atoms with Crippen LogP contribution in [0, 0.1) is 11.8 Å². The normalized spacial score (nSPS) is 20.9. The van der Waals surface area contributed by atoms with Gasteiger partial charge in [0.05, 0.1) is 0 Å². The van der Waals surface area contributed by atoms with E-state index in [1.54, 1.807) is 24.4 Å². The molecular formula is C23H23N3O2. The van der Waals surface area contributed by atoms with Gasteiger partial charge in [0, 0.05) is 32.3 Å². The highest BCUT2D eigenvalue weighted by Crippen LogP contribution is 2.40. The Hall–Kier alpha value is -3.21. The third-order valence-corrected chi connectivity index (χ3v) is 5.35. The van der Waals surface area contributed by atoms with Crippen LogP contribution in [-0.2, 0) is 9.59 Å². The van der Waals surface area contributed by atoms with E-state index in [1.807, 2.05) is 17.0 Å². The van der Waals surface area contributed by atoms with Gasteiger partial charge in [0.15, 0.2) is 0 Å². The van der Waals surface area contributed by atoms with Crippen LogP contribution in [0.2, 0.25) is 0 Å². The van der Waals surface area contributed by atoms with Crippen molar-refractivity contribution >= 4 is 29.3 Å². The number of carbonyl (C=O) groups excluding carboxylic acids is 2. The number of allylic oxidation sites excluding steroid dienone is 1. The van der Waals surface area contributed by atoms with Gasteiger partial charge in [-0.15, -0.1) is 0 Å². The number of likely N-dealkylation sites (tertiary alicyclic amines) is 1. The zero-order valence-corrected chi connectivity index (χ0v) is 15.8. The summed E-state index contributed by atoms with van der Waals surface area (Å²) in [6, 6.07) is 14.0. The Bertz CT molecular complexity index is 932. The van der Waals surface area contributed by atoms with Gasteiger partial charge in [0.2, 0.25) is 11.8 Å². The maximum absolute atomic E-state index is 12.6. The second-order valence-electron chi connectivity index (χ2n) is 7.42. The van der Waals surface area contributed by atoms with E-state index < -0.39 is 0 Å². The number of aromatic nitrogens is 1. The maximum Gasteiger partial charge on any atom is 0.246 e. The van der Waals surface area contributed by atoms with Crippen LogP contribution in [0.1, 0.15) is 24.5 Å². The van der Waals surface area contributed by atoms with Crippen molar-refractivity contribution in [3.8, 4) is 0 Å². The average Bonchev–Trinajstić information content (AvgIpc) is 3.27. The first-order valence-corrected chi connectivity index (χ1v) is 9.55. The minimum atomic E-state index is -0.157. The number of pyridine rings is 1. The van der Waals surface area contributed by atoms with Crippen molar-refractivity contribution in [1.82, 2.24) is 9.88 Å². The van der Waals surface area contributed by atoms with Crippen molar-refractivity contribution in [2.75, 3.05) is 18.4 Å². The van der Waals surface area contributed by atoms with E-state index in [0.29, 0.717) is 17.7 Å².